The van der Waals surface area contributed by atoms with Gasteiger partial charge in [0.25, 0.3) is 0 Å². The van der Waals surface area contributed by atoms with Gasteiger partial charge in [0.05, 0.1) is 25.0 Å². The standard InChI is InChI=1S/C20H36N6O3/c1-8-22-17(23-10-12-25-11-9-21-14-25)24-13-16-15(2)28-20(6,7)26(16)18(27)29-19(3,4)5/h9,11,14-16H,8,10,12-13H2,1-7H3,(H2,22,23,24). The normalized spacial score (nSPS) is 21.9. The van der Waals surface area contributed by atoms with Gasteiger partial charge in [0.15, 0.2) is 5.96 Å². The van der Waals surface area contributed by atoms with E-state index in [-0.39, 0.29) is 18.2 Å². The molecule has 1 aliphatic heterocycles. The van der Waals surface area contributed by atoms with Crippen LogP contribution in [0.3, 0.4) is 0 Å². The summed E-state index contributed by atoms with van der Waals surface area (Å²) in [6.45, 7) is 16.0. The van der Waals surface area contributed by atoms with Gasteiger partial charge in [-0.3, -0.25) is 9.89 Å². The second-order valence-electron chi connectivity index (χ2n) is 8.63. The lowest BCUT2D eigenvalue weighted by Gasteiger charge is -2.34. The predicted molar refractivity (Wildman–Crippen MR) is 113 cm³/mol. The van der Waals surface area contributed by atoms with Crippen molar-refractivity contribution in [3.05, 3.63) is 18.7 Å². The monoisotopic (exact) mass is 408 g/mol. The fraction of sp³-hybridized carbons (Fsp3) is 0.750. The Kier molecular flexibility index (Phi) is 7.51. The van der Waals surface area contributed by atoms with Crippen LogP contribution in [-0.2, 0) is 16.0 Å². The Hall–Kier alpha value is -2.29. The van der Waals surface area contributed by atoms with E-state index in [1.807, 2.05) is 59.2 Å². The summed E-state index contributed by atoms with van der Waals surface area (Å²) >= 11 is 0. The van der Waals surface area contributed by atoms with Crippen LogP contribution in [0.25, 0.3) is 0 Å². The minimum Gasteiger partial charge on any atom is -0.444 e. The highest BCUT2D eigenvalue weighted by Gasteiger charge is 2.49. The summed E-state index contributed by atoms with van der Waals surface area (Å²) in [6.07, 6.45) is 4.92. The molecule has 1 amide bonds. The van der Waals surface area contributed by atoms with Gasteiger partial charge < -0.3 is 24.7 Å². The highest BCUT2D eigenvalue weighted by Crippen LogP contribution is 2.33. The van der Waals surface area contributed by atoms with Crippen LogP contribution in [0, 0.1) is 0 Å². The third-order valence-electron chi connectivity index (χ3n) is 4.52. The highest BCUT2D eigenvalue weighted by atomic mass is 16.6. The van der Waals surface area contributed by atoms with Crippen LogP contribution in [0.15, 0.2) is 23.7 Å². The third kappa shape index (κ3) is 6.62. The highest BCUT2D eigenvalue weighted by molar-refractivity contribution is 5.79. The zero-order chi connectivity index (χ0) is 21.7. The van der Waals surface area contributed by atoms with Crippen molar-refractivity contribution in [2.45, 2.75) is 78.5 Å². The molecule has 2 atom stereocenters. The number of aliphatic imine (C=N–C) groups is 1. The summed E-state index contributed by atoms with van der Waals surface area (Å²) in [5, 5.41) is 6.56. The van der Waals surface area contributed by atoms with Gasteiger partial charge in [-0.2, -0.15) is 0 Å². The van der Waals surface area contributed by atoms with Gasteiger partial charge in [-0.1, -0.05) is 0 Å². The molecule has 164 valence electrons. The average Bonchev–Trinajstić information content (AvgIpc) is 3.16. The zero-order valence-electron chi connectivity index (χ0n) is 18.7. The van der Waals surface area contributed by atoms with Crippen LogP contribution in [0.1, 0.15) is 48.5 Å². The Morgan fingerprint density at radius 2 is 2.07 bits per heavy atom. The Balaban J connectivity index is 2.06. The van der Waals surface area contributed by atoms with Gasteiger partial charge in [0.2, 0.25) is 0 Å². The van der Waals surface area contributed by atoms with Crippen LogP contribution >= 0.6 is 0 Å². The third-order valence-corrected chi connectivity index (χ3v) is 4.52. The van der Waals surface area contributed by atoms with Gasteiger partial charge >= 0.3 is 6.09 Å². The molecular weight excluding hydrogens is 372 g/mol. The van der Waals surface area contributed by atoms with E-state index in [1.54, 1.807) is 17.4 Å². The van der Waals surface area contributed by atoms with Crippen LogP contribution in [0.5, 0.6) is 0 Å². The van der Waals surface area contributed by atoms with E-state index in [9.17, 15) is 4.79 Å². The molecule has 0 radical (unpaired) electrons. The summed E-state index contributed by atoms with van der Waals surface area (Å²) in [6, 6.07) is -0.219. The number of imidazole rings is 1. The summed E-state index contributed by atoms with van der Waals surface area (Å²) in [5.74, 6) is 0.702. The van der Waals surface area contributed by atoms with E-state index in [2.05, 4.69) is 15.6 Å². The molecule has 0 spiro atoms. The first kappa shape index (κ1) is 23.0. The number of carbonyl (C=O) groups is 1. The molecule has 29 heavy (non-hydrogen) atoms. The molecule has 0 saturated carbocycles. The van der Waals surface area contributed by atoms with Gasteiger partial charge in [-0.25, -0.2) is 9.78 Å². The van der Waals surface area contributed by atoms with Gasteiger partial charge in [0.1, 0.15) is 11.3 Å². The molecule has 9 heteroatoms. The molecule has 1 aromatic rings. The first-order valence-electron chi connectivity index (χ1n) is 10.2. The maximum Gasteiger partial charge on any atom is 0.412 e. The second kappa shape index (κ2) is 9.47. The van der Waals surface area contributed by atoms with E-state index in [4.69, 9.17) is 14.5 Å². The molecule has 1 saturated heterocycles. The predicted octanol–water partition coefficient (Wildman–Crippen LogP) is 2.20. The number of aromatic nitrogens is 2. The van der Waals surface area contributed by atoms with Crippen molar-refractivity contribution in [2.75, 3.05) is 19.6 Å². The molecular formula is C20H36N6O3. The van der Waals surface area contributed by atoms with Crippen LogP contribution in [-0.4, -0.2) is 69.6 Å². The number of hydrogen-bond acceptors (Lipinski definition) is 5. The maximum absolute atomic E-state index is 12.8. The molecule has 0 aliphatic carbocycles. The van der Waals surface area contributed by atoms with E-state index in [0.717, 1.165) is 13.1 Å². The zero-order valence-corrected chi connectivity index (χ0v) is 18.7. The number of ether oxygens (including phenoxy) is 2. The molecule has 2 heterocycles. The lowest BCUT2D eigenvalue weighted by molar-refractivity contribution is -0.0755. The molecule has 2 unspecified atom stereocenters. The summed E-state index contributed by atoms with van der Waals surface area (Å²) in [7, 11) is 0. The number of nitrogens with one attached hydrogen (secondary N) is 2. The molecule has 0 bridgehead atoms. The fourth-order valence-corrected chi connectivity index (χ4v) is 3.34. The smallest absolute Gasteiger partial charge is 0.412 e. The fourth-order valence-electron chi connectivity index (χ4n) is 3.34. The van der Waals surface area contributed by atoms with Gasteiger partial charge in [-0.05, 0) is 48.5 Å². The number of nitrogens with zero attached hydrogens (tertiary/aromatic N) is 4. The van der Waals surface area contributed by atoms with E-state index in [0.29, 0.717) is 19.0 Å². The Bertz CT molecular complexity index is 681. The Labute approximate surface area is 173 Å². The maximum atomic E-state index is 12.8. The van der Waals surface area contributed by atoms with Crippen molar-refractivity contribution in [1.82, 2.24) is 25.1 Å². The lowest BCUT2D eigenvalue weighted by Crippen LogP contribution is -2.51. The number of amides is 1. The minimum absolute atomic E-state index is 0.157. The van der Waals surface area contributed by atoms with Crippen molar-refractivity contribution < 1.29 is 14.3 Å². The van der Waals surface area contributed by atoms with Crippen LogP contribution in [0.2, 0.25) is 0 Å². The molecule has 2 N–H and O–H groups in total. The second-order valence-corrected chi connectivity index (χ2v) is 8.63. The molecule has 1 aromatic heterocycles. The lowest BCUT2D eigenvalue weighted by atomic mass is 10.1. The quantitative estimate of drug-likeness (QED) is 0.554. The first-order valence-corrected chi connectivity index (χ1v) is 10.2. The SMILES string of the molecule is CCNC(=NCC1C(C)OC(C)(C)N1C(=O)OC(C)(C)C)NCCn1ccnc1. The Morgan fingerprint density at radius 1 is 1.34 bits per heavy atom. The van der Waals surface area contributed by atoms with Crippen LogP contribution in [0.4, 0.5) is 4.79 Å². The number of guanidine groups is 1. The summed E-state index contributed by atoms with van der Waals surface area (Å²) in [5.41, 5.74) is -1.33. The van der Waals surface area contributed by atoms with Crippen LogP contribution < -0.4 is 10.6 Å². The van der Waals surface area contributed by atoms with Gasteiger partial charge in [0, 0.05) is 32.0 Å². The van der Waals surface area contributed by atoms with E-state index < -0.39 is 11.3 Å². The topological polar surface area (TPSA) is 93.0 Å². The molecule has 0 aromatic carbocycles. The first-order chi connectivity index (χ1) is 13.5. The minimum atomic E-state index is -0.755. The Morgan fingerprint density at radius 3 is 2.66 bits per heavy atom. The van der Waals surface area contributed by atoms with Crippen molar-refractivity contribution in [2.24, 2.45) is 4.99 Å². The van der Waals surface area contributed by atoms with Crippen molar-refractivity contribution in [1.29, 1.82) is 0 Å². The summed E-state index contributed by atoms with van der Waals surface area (Å²) < 4.78 is 13.6. The van der Waals surface area contributed by atoms with E-state index in [1.165, 1.54) is 0 Å². The van der Waals surface area contributed by atoms with Crippen molar-refractivity contribution in [3.8, 4) is 0 Å². The average molecular weight is 409 g/mol. The largest absolute Gasteiger partial charge is 0.444 e. The van der Waals surface area contributed by atoms with E-state index >= 15 is 0 Å². The molecule has 1 fully saturated rings. The van der Waals surface area contributed by atoms with Gasteiger partial charge in [-0.15, -0.1) is 0 Å². The molecule has 2 rings (SSSR count). The summed E-state index contributed by atoms with van der Waals surface area (Å²) in [4.78, 5) is 23.3. The number of carbonyl (C=O) groups excluding carboxylic acids is 1. The number of rotatable bonds is 6. The van der Waals surface area contributed by atoms with Crippen molar-refractivity contribution >= 4 is 12.1 Å². The molecule has 1 aliphatic rings. The van der Waals surface area contributed by atoms with Crippen molar-refractivity contribution in [3.63, 3.8) is 0 Å². The number of hydrogen-bond donors (Lipinski definition) is 2. The molecule has 9 nitrogen and oxygen atoms in total.